The Hall–Kier alpha value is -1.74. The molecule has 0 aliphatic carbocycles. The highest BCUT2D eigenvalue weighted by Crippen LogP contribution is 2.21. The van der Waals surface area contributed by atoms with Gasteiger partial charge in [-0.3, -0.25) is 9.78 Å². The number of methoxy groups -OCH3 is 1. The number of carbonyl (C=O) groups is 1. The van der Waals surface area contributed by atoms with Crippen LogP contribution in [-0.2, 0) is 11.2 Å². The van der Waals surface area contributed by atoms with Crippen LogP contribution in [-0.4, -0.2) is 24.0 Å². The molecule has 23 heavy (non-hydrogen) atoms. The van der Waals surface area contributed by atoms with Crippen molar-refractivity contribution in [2.45, 2.75) is 52.6 Å². The van der Waals surface area contributed by atoms with Crippen LogP contribution in [0.25, 0.3) is 10.9 Å². The van der Waals surface area contributed by atoms with Gasteiger partial charge in [0.15, 0.2) is 5.78 Å². The summed E-state index contributed by atoms with van der Waals surface area (Å²) in [7, 11) is 1.74. The minimum Gasteiger partial charge on any atom is -0.381 e. The molecular formula is C20H27NO2. The van der Waals surface area contributed by atoms with Crippen molar-refractivity contribution in [1.29, 1.82) is 0 Å². The number of hydrogen-bond donors (Lipinski definition) is 0. The number of pyridine rings is 1. The summed E-state index contributed by atoms with van der Waals surface area (Å²) in [6, 6.07) is 7.95. The van der Waals surface area contributed by atoms with E-state index in [1.54, 1.807) is 7.11 Å². The molecule has 2 unspecified atom stereocenters. The second kappa shape index (κ2) is 8.21. The number of carbonyl (C=O) groups excluding carboxylic acids is 1. The largest absolute Gasteiger partial charge is 0.381 e. The first-order valence-electron chi connectivity index (χ1n) is 8.54. The van der Waals surface area contributed by atoms with Crippen molar-refractivity contribution in [2.75, 3.05) is 7.11 Å². The fourth-order valence-electron chi connectivity index (χ4n) is 2.86. The summed E-state index contributed by atoms with van der Waals surface area (Å²) in [6.45, 7) is 6.23. The smallest absolute Gasteiger partial charge is 0.165 e. The van der Waals surface area contributed by atoms with E-state index >= 15 is 0 Å². The number of nitrogens with zero attached hydrogens (tertiary/aromatic N) is 1. The Bertz CT molecular complexity index is 662. The minimum absolute atomic E-state index is 0.0129. The van der Waals surface area contributed by atoms with Gasteiger partial charge in [-0.25, -0.2) is 0 Å². The molecule has 0 N–H and O–H groups in total. The van der Waals surface area contributed by atoms with E-state index in [1.807, 2.05) is 31.3 Å². The highest BCUT2D eigenvalue weighted by molar-refractivity contribution is 6.00. The average Bonchev–Trinajstić information content (AvgIpc) is 2.60. The van der Waals surface area contributed by atoms with Crippen LogP contribution >= 0.6 is 0 Å². The van der Waals surface area contributed by atoms with Gasteiger partial charge in [0, 0.05) is 30.2 Å². The van der Waals surface area contributed by atoms with Crippen LogP contribution in [0.1, 0.15) is 56.0 Å². The third kappa shape index (κ3) is 4.38. The molecule has 1 heterocycles. The monoisotopic (exact) mass is 313 g/mol. The van der Waals surface area contributed by atoms with Crippen LogP contribution in [0.2, 0.25) is 0 Å². The van der Waals surface area contributed by atoms with Gasteiger partial charge in [0.1, 0.15) is 0 Å². The standard InChI is InChI=1S/C20H27NO2/c1-5-15-11-17-12-16(8-10-19(17)21-13-15)20(22)14(3)7-9-18(6-2)23-4/h8,10-14,18H,5-7,9H2,1-4H3. The summed E-state index contributed by atoms with van der Waals surface area (Å²) in [5, 5.41) is 1.05. The number of ketones is 1. The lowest BCUT2D eigenvalue weighted by Crippen LogP contribution is -2.16. The van der Waals surface area contributed by atoms with Crippen LogP contribution < -0.4 is 0 Å². The number of aromatic nitrogens is 1. The molecular weight excluding hydrogens is 286 g/mol. The van der Waals surface area contributed by atoms with Crippen molar-refractivity contribution >= 4 is 16.7 Å². The lowest BCUT2D eigenvalue weighted by molar-refractivity contribution is 0.0792. The van der Waals surface area contributed by atoms with Crippen molar-refractivity contribution in [3.8, 4) is 0 Å². The molecule has 0 amide bonds. The number of rotatable bonds is 8. The number of benzene rings is 1. The molecule has 0 aliphatic rings. The van der Waals surface area contributed by atoms with Gasteiger partial charge in [-0.15, -0.1) is 0 Å². The Morgan fingerprint density at radius 1 is 1.22 bits per heavy atom. The molecule has 0 fully saturated rings. The second-order valence-corrected chi connectivity index (χ2v) is 6.21. The lowest BCUT2D eigenvalue weighted by Gasteiger charge is -2.16. The lowest BCUT2D eigenvalue weighted by atomic mass is 9.92. The Balaban J connectivity index is 2.13. The molecule has 124 valence electrons. The van der Waals surface area contributed by atoms with E-state index in [4.69, 9.17) is 4.74 Å². The van der Waals surface area contributed by atoms with Gasteiger partial charge in [-0.1, -0.05) is 20.8 Å². The predicted molar refractivity (Wildman–Crippen MR) is 94.9 cm³/mol. The third-order valence-corrected chi connectivity index (χ3v) is 4.59. The molecule has 0 bridgehead atoms. The van der Waals surface area contributed by atoms with Gasteiger partial charge >= 0.3 is 0 Å². The average molecular weight is 313 g/mol. The van der Waals surface area contributed by atoms with Gasteiger partial charge in [0.2, 0.25) is 0 Å². The Morgan fingerprint density at radius 3 is 2.65 bits per heavy atom. The predicted octanol–water partition coefficient (Wildman–Crippen LogP) is 4.82. The molecule has 0 saturated heterocycles. The number of fused-ring (bicyclic) bond motifs is 1. The minimum atomic E-state index is 0.0129. The van der Waals surface area contributed by atoms with E-state index < -0.39 is 0 Å². The summed E-state index contributed by atoms with van der Waals surface area (Å²) < 4.78 is 5.40. The molecule has 0 saturated carbocycles. The first-order chi connectivity index (χ1) is 11.1. The zero-order chi connectivity index (χ0) is 16.8. The Kier molecular flexibility index (Phi) is 6.28. The molecule has 0 aliphatic heterocycles. The zero-order valence-electron chi connectivity index (χ0n) is 14.6. The maximum absolute atomic E-state index is 12.7. The molecule has 0 radical (unpaired) electrons. The summed E-state index contributed by atoms with van der Waals surface area (Å²) >= 11 is 0. The summed E-state index contributed by atoms with van der Waals surface area (Å²) in [6.07, 6.45) is 5.87. The third-order valence-electron chi connectivity index (χ3n) is 4.59. The van der Waals surface area contributed by atoms with Crippen molar-refractivity contribution in [1.82, 2.24) is 4.98 Å². The molecule has 0 spiro atoms. The number of aryl methyl sites for hydroxylation is 1. The van der Waals surface area contributed by atoms with Crippen LogP contribution in [0.15, 0.2) is 30.5 Å². The van der Waals surface area contributed by atoms with E-state index in [2.05, 4.69) is 24.9 Å². The van der Waals surface area contributed by atoms with Crippen LogP contribution in [0.5, 0.6) is 0 Å². The summed E-state index contributed by atoms with van der Waals surface area (Å²) in [5.74, 6) is 0.221. The highest BCUT2D eigenvalue weighted by atomic mass is 16.5. The molecule has 3 nitrogen and oxygen atoms in total. The topological polar surface area (TPSA) is 39.2 Å². The van der Waals surface area contributed by atoms with Gasteiger partial charge in [-0.2, -0.15) is 0 Å². The molecule has 2 aromatic rings. The van der Waals surface area contributed by atoms with Crippen LogP contribution in [0.3, 0.4) is 0 Å². The molecule has 2 rings (SSSR count). The van der Waals surface area contributed by atoms with Gasteiger partial charge in [-0.05, 0) is 55.5 Å². The fraction of sp³-hybridized carbons (Fsp3) is 0.500. The zero-order valence-corrected chi connectivity index (χ0v) is 14.6. The number of Topliss-reactive ketones (excluding diaryl/α,β-unsaturated/α-hetero) is 1. The quantitative estimate of drug-likeness (QED) is 0.656. The summed E-state index contributed by atoms with van der Waals surface area (Å²) in [4.78, 5) is 17.1. The van der Waals surface area contributed by atoms with E-state index in [1.165, 1.54) is 5.56 Å². The second-order valence-electron chi connectivity index (χ2n) is 6.21. The normalized spacial score (nSPS) is 13.9. The SMILES string of the molecule is CCc1cnc2ccc(C(=O)C(C)CCC(CC)OC)cc2c1. The first-order valence-corrected chi connectivity index (χ1v) is 8.54. The maximum Gasteiger partial charge on any atom is 0.165 e. The van der Waals surface area contributed by atoms with Crippen LogP contribution in [0, 0.1) is 5.92 Å². The first kappa shape index (κ1) is 17.6. The highest BCUT2D eigenvalue weighted by Gasteiger charge is 2.17. The number of ether oxygens (including phenoxy) is 1. The Labute approximate surface area is 139 Å². The molecule has 3 heteroatoms. The van der Waals surface area contributed by atoms with E-state index in [-0.39, 0.29) is 17.8 Å². The fourth-order valence-corrected chi connectivity index (χ4v) is 2.86. The van der Waals surface area contributed by atoms with Crippen molar-refractivity contribution < 1.29 is 9.53 Å². The van der Waals surface area contributed by atoms with E-state index in [9.17, 15) is 4.79 Å². The maximum atomic E-state index is 12.7. The van der Waals surface area contributed by atoms with Crippen LogP contribution in [0.4, 0.5) is 0 Å². The van der Waals surface area contributed by atoms with Crippen molar-refractivity contribution in [3.05, 3.63) is 41.6 Å². The molecule has 1 aromatic carbocycles. The summed E-state index contributed by atoms with van der Waals surface area (Å²) in [5.41, 5.74) is 2.92. The van der Waals surface area contributed by atoms with Crippen molar-refractivity contribution in [2.24, 2.45) is 5.92 Å². The molecule has 1 aromatic heterocycles. The van der Waals surface area contributed by atoms with Crippen molar-refractivity contribution in [3.63, 3.8) is 0 Å². The number of hydrogen-bond acceptors (Lipinski definition) is 3. The van der Waals surface area contributed by atoms with E-state index in [0.717, 1.165) is 42.1 Å². The van der Waals surface area contributed by atoms with Gasteiger partial charge < -0.3 is 4.74 Å². The van der Waals surface area contributed by atoms with Gasteiger partial charge in [0.05, 0.1) is 11.6 Å². The van der Waals surface area contributed by atoms with E-state index in [0.29, 0.717) is 0 Å². The molecule has 2 atom stereocenters. The Morgan fingerprint density at radius 2 is 2.00 bits per heavy atom. The van der Waals surface area contributed by atoms with Gasteiger partial charge in [0.25, 0.3) is 0 Å².